The Bertz CT molecular complexity index is 3010. The highest BCUT2D eigenvalue weighted by Gasteiger charge is 2.29. The van der Waals surface area contributed by atoms with E-state index in [0.29, 0.717) is 69.8 Å². The van der Waals surface area contributed by atoms with Crippen LogP contribution in [0, 0.1) is 0 Å². The van der Waals surface area contributed by atoms with Crippen LogP contribution in [0.3, 0.4) is 0 Å². The van der Waals surface area contributed by atoms with Crippen molar-refractivity contribution in [1.29, 1.82) is 0 Å². The minimum atomic E-state index is -4.60. The van der Waals surface area contributed by atoms with E-state index in [1.165, 1.54) is 322 Å². The van der Waals surface area contributed by atoms with Gasteiger partial charge in [-0.2, -0.15) is 0 Å². The molecule has 0 aromatic rings. The number of methoxy groups -OCH3 is 2. The van der Waals surface area contributed by atoms with Crippen molar-refractivity contribution in [3.63, 3.8) is 0 Å². The summed E-state index contributed by atoms with van der Waals surface area (Å²) in [6.07, 6.45) is 76.6. The van der Waals surface area contributed by atoms with Crippen LogP contribution in [0.5, 0.6) is 0 Å². The summed E-state index contributed by atoms with van der Waals surface area (Å²) in [5.74, 6) is -2.58. The SMILES string of the molecule is CCCCCCCCCCCCCCCCCC(=O)NC(CO)COP(=O)(O)OCC[N+](C)(C)C.CCCCCCCCCCCCCCCCCC(=O)NC(CO)COP(=O)([O-])OCC[N+](C)(C)C.CCCCCCCCCCCCCCCCCC(=O)NC(COP(=O)([O-])OCC[N+](C)(C)C)C(=O)OC.CCCCCCCCCCCCCCCCCC(=O)NC(COP(=O)([O-])OCC[N+](C)(C)C)C(=O)OC. The number of phosphoric acid groups is 4. The summed E-state index contributed by atoms with van der Waals surface area (Å²) in [6.45, 7) is 8.48. The van der Waals surface area contributed by atoms with Crippen LogP contribution in [-0.2, 0) is 92.7 Å². The molecule has 34 nitrogen and oxygen atoms in total. The van der Waals surface area contributed by atoms with Crippen molar-refractivity contribution in [3.8, 4) is 0 Å². The summed E-state index contributed by atoms with van der Waals surface area (Å²) in [4.78, 5) is 118. The van der Waals surface area contributed by atoms with Gasteiger partial charge >= 0.3 is 19.8 Å². The van der Waals surface area contributed by atoms with Gasteiger partial charge in [0.05, 0.1) is 151 Å². The third kappa shape index (κ3) is 113. The molecule has 8 atom stereocenters. The number of nitrogens with zero attached hydrogens (tertiary/aromatic N) is 4. The molecular weight excluding hydrogens is 1930 g/mol. The van der Waals surface area contributed by atoms with Gasteiger partial charge in [0, 0.05) is 25.7 Å². The fourth-order valence-corrected chi connectivity index (χ4v) is 18.1. The Hall–Kier alpha value is -2.98. The monoisotopic (exact) mass is 2150 g/mol. The molecule has 0 bridgehead atoms. The van der Waals surface area contributed by atoms with Crippen molar-refractivity contribution in [2.45, 2.75) is 463 Å². The molecule has 7 N–H and O–H groups in total. The van der Waals surface area contributed by atoms with Gasteiger partial charge in [-0.25, -0.2) is 14.2 Å². The Labute approximate surface area is 877 Å². The summed E-state index contributed by atoms with van der Waals surface area (Å²) in [6, 6.07) is -3.93. The molecule has 0 saturated carbocycles. The number of nitrogens with one attached hydrogen (secondary N) is 4. The molecule has 0 rings (SSSR count). The number of phosphoric ester groups is 4. The minimum absolute atomic E-state index is 0.0135. The third-order valence-electron chi connectivity index (χ3n) is 24.6. The van der Waals surface area contributed by atoms with Gasteiger partial charge in [-0.15, -0.1) is 0 Å². The number of hydrogen-bond acceptors (Lipinski definition) is 25. The number of carbonyl (C=O) groups is 6. The van der Waals surface area contributed by atoms with E-state index in [-0.39, 0.29) is 82.7 Å². The largest absolute Gasteiger partial charge is 0.756 e. The molecule has 4 amide bonds. The number of unbranched alkanes of at least 4 members (excludes halogenated alkanes) is 56. The van der Waals surface area contributed by atoms with Crippen molar-refractivity contribution in [2.75, 3.05) is 191 Å². The molecule has 144 heavy (non-hydrogen) atoms. The molecule has 0 radical (unpaired) electrons. The molecule has 860 valence electrons. The molecule has 8 unspecified atom stereocenters. The Balaban J connectivity index is -0.000000908. The summed E-state index contributed by atoms with van der Waals surface area (Å²) in [7, 11) is 7.51. The van der Waals surface area contributed by atoms with Crippen LogP contribution in [0.4, 0.5) is 0 Å². The van der Waals surface area contributed by atoms with Crippen LogP contribution >= 0.6 is 31.3 Å². The van der Waals surface area contributed by atoms with E-state index in [4.69, 9.17) is 36.2 Å². The lowest BCUT2D eigenvalue weighted by Gasteiger charge is -2.28. The Morgan fingerprint density at radius 1 is 0.250 bits per heavy atom. The van der Waals surface area contributed by atoms with E-state index in [0.717, 1.165) is 64.2 Å². The van der Waals surface area contributed by atoms with E-state index in [1.54, 1.807) is 0 Å². The van der Waals surface area contributed by atoms with E-state index in [2.05, 4.69) is 58.4 Å². The van der Waals surface area contributed by atoms with Crippen LogP contribution < -0.4 is 35.9 Å². The minimum Gasteiger partial charge on any atom is -0.756 e. The zero-order valence-corrected chi connectivity index (χ0v) is 98.4. The summed E-state index contributed by atoms with van der Waals surface area (Å²) >= 11 is 0. The van der Waals surface area contributed by atoms with Crippen molar-refractivity contribution < 1.29 is 140 Å². The lowest BCUT2D eigenvalue weighted by atomic mass is 10.0. The second kappa shape index (κ2) is 97.0. The lowest BCUT2D eigenvalue weighted by molar-refractivity contribution is -0.870. The van der Waals surface area contributed by atoms with Crippen LogP contribution in [0.15, 0.2) is 0 Å². The number of aliphatic hydroxyl groups excluding tert-OH is 2. The van der Waals surface area contributed by atoms with Crippen LogP contribution in [0.1, 0.15) is 439 Å². The predicted molar refractivity (Wildman–Crippen MR) is 576 cm³/mol. The average molecular weight is 2150 g/mol. The van der Waals surface area contributed by atoms with Gasteiger partial charge in [-0.3, -0.25) is 41.9 Å². The van der Waals surface area contributed by atoms with Crippen LogP contribution in [0.2, 0.25) is 0 Å². The summed E-state index contributed by atoms with van der Waals surface area (Å²) < 4.78 is 98.1. The first-order valence-electron chi connectivity index (χ1n) is 56.4. The first-order valence-corrected chi connectivity index (χ1v) is 62.3. The standard InChI is InChI=1S/2C27H55N2O7P.2C26H55N2O6P/c2*1-6-7-8-9-10-11-12-13-14-15-16-17-18-19-20-21-26(30)28-25(27(31)34-5)24-36-37(32,33)35-23-22-29(2,3)4;2*1-5-6-7-8-9-10-11-12-13-14-15-16-17-18-19-20-26(30)27-25(23-29)24-34-35(31,32)33-22-21-28(2,3)4/h2*25H,6-24H2,1-5H3,(H-,28,30,32,33);2*25,29H,5-24H2,1-4H3,(H-,27,30,31,32)/p+1. The van der Waals surface area contributed by atoms with Crippen molar-refractivity contribution in [1.82, 2.24) is 21.3 Å². The van der Waals surface area contributed by atoms with Crippen LogP contribution in [-0.4, -0.2) is 284 Å². The van der Waals surface area contributed by atoms with E-state index in [1.807, 2.05) is 84.6 Å². The van der Waals surface area contributed by atoms with E-state index in [9.17, 15) is 76.8 Å². The summed E-state index contributed by atoms with van der Waals surface area (Å²) in [5, 5.41) is 29.2. The molecule has 0 aromatic heterocycles. The maximum Gasteiger partial charge on any atom is 0.472 e. The number of quaternary nitrogens is 4. The molecule has 0 heterocycles. The number of likely N-dealkylation sites (N-methyl/N-ethyl adjacent to an activating group) is 4. The van der Waals surface area contributed by atoms with Gasteiger partial charge in [0.15, 0.2) is 12.1 Å². The zero-order chi connectivity index (χ0) is 109. The quantitative estimate of drug-likeness (QED) is 0.0129. The molecule has 0 aliphatic carbocycles. The molecule has 0 aliphatic heterocycles. The van der Waals surface area contributed by atoms with Gasteiger partial charge < -0.3 is 106 Å². The second-order valence-electron chi connectivity index (χ2n) is 43.4. The smallest absolute Gasteiger partial charge is 0.472 e. The highest BCUT2D eigenvalue weighted by molar-refractivity contribution is 7.47. The molecule has 0 spiro atoms. The molecular formula is C106H221N8O26P4+. The number of carbonyl (C=O) groups excluding carboxylic acids is 6. The van der Waals surface area contributed by atoms with Gasteiger partial charge in [0.2, 0.25) is 23.6 Å². The van der Waals surface area contributed by atoms with E-state index >= 15 is 0 Å². The fraction of sp³-hybridized carbons (Fsp3) is 0.943. The lowest BCUT2D eigenvalue weighted by Crippen LogP contribution is -2.44. The number of ether oxygens (including phenoxy) is 2. The van der Waals surface area contributed by atoms with Crippen molar-refractivity contribution >= 4 is 66.9 Å². The Morgan fingerprint density at radius 3 is 0.597 bits per heavy atom. The Morgan fingerprint density at radius 2 is 0.417 bits per heavy atom. The van der Waals surface area contributed by atoms with Gasteiger partial charge in [-0.1, -0.05) is 387 Å². The number of hydrogen-bond donors (Lipinski definition) is 7. The molecule has 0 aromatic carbocycles. The highest BCUT2D eigenvalue weighted by atomic mass is 31.2. The van der Waals surface area contributed by atoms with Gasteiger partial charge in [-0.05, 0) is 25.7 Å². The van der Waals surface area contributed by atoms with Gasteiger partial charge in [0.1, 0.15) is 52.6 Å². The normalized spacial score (nSPS) is 14.4. The first kappa shape index (κ1) is 147. The first-order chi connectivity index (χ1) is 68.2. The Kier molecular flexibility index (Phi) is 99.2. The van der Waals surface area contributed by atoms with Crippen molar-refractivity contribution in [3.05, 3.63) is 0 Å². The molecule has 0 aliphatic rings. The maximum absolute atomic E-state index is 12.3. The fourth-order valence-electron chi connectivity index (χ4n) is 15.2. The van der Waals surface area contributed by atoms with Crippen molar-refractivity contribution in [2.24, 2.45) is 0 Å². The second-order valence-corrected chi connectivity index (χ2v) is 49.0. The average Bonchev–Trinajstić information content (AvgIpc) is 0.908. The number of rotatable bonds is 100. The number of aliphatic hydroxyl groups is 2. The third-order valence-corrected chi connectivity index (χ3v) is 28.4. The maximum atomic E-state index is 12.3. The zero-order valence-electron chi connectivity index (χ0n) is 94.8. The topological polar surface area (TPSA) is 441 Å². The predicted octanol–water partition coefficient (Wildman–Crippen LogP) is 20.7. The number of amides is 4. The number of esters is 2. The molecule has 0 fully saturated rings. The molecule has 38 heteroatoms. The summed E-state index contributed by atoms with van der Waals surface area (Å²) in [5.41, 5.74) is 0. The van der Waals surface area contributed by atoms with Gasteiger partial charge in [0.25, 0.3) is 23.5 Å². The molecule has 0 saturated heterocycles. The van der Waals surface area contributed by atoms with E-state index < -0.39 is 87.2 Å². The highest BCUT2D eigenvalue weighted by Crippen LogP contribution is 2.44. The van der Waals surface area contributed by atoms with Crippen LogP contribution in [0.25, 0.3) is 0 Å².